The molecule has 4 rings (SSSR count). The predicted octanol–water partition coefficient (Wildman–Crippen LogP) is 13.1. The number of rotatable bonds is 31. The van der Waals surface area contributed by atoms with E-state index in [9.17, 15) is 14.4 Å². The molecule has 0 saturated heterocycles. The number of benzene rings is 4. The van der Waals surface area contributed by atoms with Gasteiger partial charge in [-0.2, -0.15) is 0 Å². The largest absolute Gasteiger partial charge is 0.466 e. The maximum atomic E-state index is 13.2. The number of carbonyl (C=O) groups is 3. The van der Waals surface area contributed by atoms with Gasteiger partial charge in [-0.15, -0.1) is 0 Å². The number of carbonyl (C=O) groups excluding carboxylic acids is 3. The zero-order valence-electron chi connectivity index (χ0n) is 34.4. The Labute approximate surface area is 332 Å². The van der Waals surface area contributed by atoms with Crippen molar-refractivity contribution in [2.24, 2.45) is 0 Å². The molecular formula is C49H71NO5. The molecule has 0 unspecified atom stereocenters. The quantitative estimate of drug-likeness (QED) is 0.0314. The van der Waals surface area contributed by atoms with Crippen molar-refractivity contribution in [2.45, 2.75) is 180 Å². The van der Waals surface area contributed by atoms with Crippen LogP contribution in [0, 0.1) is 0 Å². The molecule has 4 aromatic rings. The summed E-state index contributed by atoms with van der Waals surface area (Å²) in [5.41, 5.74) is 1.22. The zero-order valence-corrected chi connectivity index (χ0v) is 34.4. The van der Waals surface area contributed by atoms with Crippen LogP contribution >= 0.6 is 0 Å². The van der Waals surface area contributed by atoms with Crippen molar-refractivity contribution < 1.29 is 23.9 Å². The summed E-state index contributed by atoms with van der Waals surface area (Å²) in [6.45, 7) is 5.22. The number of ether oxygens (including phenoxy) is 2. The highest BCUT2D eigenvalue weighted by Gasteiger charge is 2.24. The number of hydrogen-bond donors (Lipinski definition) is 1. The fraction of sp³-hybridized carbons (Fsp3) is 0.612. The first-order chi connectivity index (χ1) is 27.0. The molecule has 1 N–H and O–H groups in total. The molecule has 0 aliphatic carbocycles. The molecule has 302 valence electrons. The van der Waals surface area contributed by atoms with Crippen LogP contribution in [0.25, 0.3) is 32.3 Å². The number of esters is 2. The van der Waals surface area contributed by atoms with Crippen LogP contribution in [0.5, 0.6) is 0 Å². The van der Waals surface area contributed by atoms with Gasteiger partial charge in [-0.05, 0) is 70.0 Å². The van der Waals surface area contributed by atoms with E-state index < -0.39 is 12.0 Å². The molecule has 0 bridgehead atoms. The van der Waals surface area contributed by atoms with E-state index >= 15 is 0 Å². The third-order valence-electron chi connectivity index (χ3n) is 11.2. The summed E-state index contributed by atoms with van der Waals surface area (Å²) in [4.78, 5) is 39.1. The second-order valence-corrected chi connectivity index (χ2v) is 15.8. The lowest BCUT2D eigenvalue weighted by Crippen LogP contribution is -2.42. The van der Waals surface area contributed by atoms with Crippen LogP contribution in [0.1, 0.15) is 174 Å². The van der Waals surface area contributed by atoms with E-state index in [2.05, 4.69) is 73.8 Å². The fourth-order valence-electron chi connectivity index (χ4n) is 7.94. The molecular weight excluding hydrogens is 683 g/mol. The summed E-state index contributed by atoms with van der Waals surface area (Å²) in [7, 11) is 0. The van der Waals surface area contributed by atoms with Crippen LogP contribution < -0.4 is 5.32 Å². The molecule has 0 aromatic heterocycles. The number of nitrogens with one attached hydrogen (secondary N) is 1. The molecule has 0 saturated carbocycles. The second-order valence-electron chi connectivity index (χ2n) is 15.8. The summed E-state index contributed by atoms with van der Waals surface area (Å²) >= 11 is 0. The number of amides is 1. The van der Waals surface area contributed by atoms with E-state index in [-0.39, 0.29) is 31.1 Å². The fourth-order valence-corrected chi connectivity index (χ4v) is 7.94. The van der Waals surface area contributed by atoms with Gasteiger partial charge in [0.25, 0.3) is 0 Å². The first-order valence-corrected chi connectivity index (χ1v) is 22.3. The maximum Gasteiger partial charge on any atom is 0.328 e. The molecule has 0 fully saturated rings. The van der Waals surface area contributed by atoms with Gasteiger partial charge in [0, 0.05) is 12.8 Å². The average molecular weight is 754 g/mol. The Morgan fingerprint density at radius 1 is 0.527 bits per heavy atom. The van der Waals surface area contributed by atoms with E-state index in [1.54, 1.807) is 0 Å². The normalized spacial score (nSPS) is 12.1. The molecule has 4 aromatic carbocycles. The van der Waals surface area contributed by atoms with E-state index in [1.807, 2.05) is 0 Å². The van der Waals surface area contributed by atoms with E-state index in [0.29, 0.717) is 19.6 Å². The van der Waals surface area contributed by atoms with Crippen molar-refractivity contribution in [1.29, 1.82) is 0 Å². The SMILES string of the molecule is CCCCCCCCCCCCOC(=O)CC[C@H](NC(=O)CCCc1ccc2ccc3cccc4ccc1c2c34)C(=O)OCCCCCCCCCCCC. The third-order valence-corrected chi connectivity index (χ3v) is 11.2. The lowest BCUT2D eigenvalue weighted by atomic mass is 9.90. The Hall–Kier alpha value is -3.67. The Bertz CT molecular complexity index is 1660. The Morgan fingerprint density at radius 2 is 1.02 bits per heavy atom. The van der Waals surface area contributed by atoms with Crippen molar-refractivity contribution in [2.75, 3.05) is 13.2 Å². The van der Waals surface area contributed by atoms with Crippen LogP contribution in [0.3, 0.4) is 0 Å². The highest BCUT2D eigenvalue weighted by molar-refractivity contribution is 6.23. The first kappa shape index (κ1) is 44.0. The minimum absolute atomic E-state index is 0.0682. The summed E-state index contributed by atoms with van der Waals surface area (Å²) < 4.78 is 11.2. The van der Waals surface area contributed by atoms with Gasteiger partial charge < -0.3 is 14.8 Å². The Morgan fingerprint density at radius 3 is 1.60 bits per heavy atom. The van der Waals surface area contributed by atoms with Gasteiger partial charge in [0.2, 0.25) is 5.91 Å². The molecule has 0 aliphatic rings. The van der Waals surface area contributed by atoms with Gasteiger partial charge in [-0.1, -0.05) is 184 Å². The lowest BCUT2D eigenvalue weighted by Gasteiger charge is -2.18. The van der Waals surface area contributed by atoms with Crippen molar-refractivity contribution in [3.63, 3.8) is 0 Å². The predicted molar refractivity (Wildman–Crippen MR) is 230 cm³/mol. The van der Waals surface area contributed by atoms with Gasteiger partial charge in [0.1, 0.15) is 6.04 Å². The molecule has 6 heteroatoms. The second kappa shape index (κ2) is 26.2. The van der Waals surface area contributed by atoms with Gasteiger partial charge >= 0.3 is 11.9 Å². The van der Waals surface area contributed by atoms with E-state index in [1.165, 1.54) is 134 Å². The minimum atomic E-state index is -0.866. The van der Waals surface area contributed by atoms with Crippen LogP contribution in [0.2, 0.25) is 0 Å². The summed E-state index contributed by atoms with van der Waals surface area (Å²) in [6.07, 6.45) is 26.2. The molecule has 6 nitrogen and oxygen atoms in total. The molecule has 0 radical (unpaired) electrons. The molecule has 0 spiro atoms. The van der Waals surface area contributed by atoms with Crippen LogP contribution in [0.4, 0.5) is 0 Å². The topological polar surface area (TPSA) is 81.7 Å². The van der Waals surface area contributed by atoms with Gasteiger partial charge in [-0.25, -0.2) is 4.79 Å². The van der Waals surface area contributed by atoms with Crippen molar-refractivity contribution in [3.05, 3.63) is 60.2 Å². The van der Waals surface area contributed by atoms with Crippen molar-refractivity contribution >= 4 is 50.2 Å². The first-order valence-electron chi connectivity index (χ1n) is 22.3. The molecule has 0 heterocycles. The van der Waals surface area contributed by atoms with Crippen LogP contribution in [0.15, 0.2) is 54.6 Å². The Kier molecular flexibility index (Phi) is 21.0. The van der Waals surface area contributed by atoms with Crippen molar-refractivity contribution in [3.8, 4) is 0 Å². The molecule has 1 atom stereocenters. The smallest absolute Gasteiger partial charge is 0.328 e. The van der Waals surface area contributed by atoms with Crippen molar-refractivity contribution in [1.82, 2.24) is 5.32 Å². The van der Waals surface area contributed by atoms with Crippen LogP contribution in [-0.4, -0.2) is 37.1 Å². The highest BCUT2D eigenvalue weighted by Crippen LogP contribution is 2.36. The van der Waals surface area contributed by atoms with E-state index in [0.717, 1.165) is 38.5 Å². The monoisotopic (exact) mass is 754 g/mol. The summed E-state index contributed by atoms with van der Waals surface area (Å²) in [5.74, 6) is -0.984. The third kappa shape index (κ3) is 15.8. The number of aryl methyl sites for hydroxylation is 1. The van der Waals surface area contributed by atoms with Crippen LogP contribution in [-0.2, 0) is 30.3 Å². The number of hydrogen-bond acceptors (Lipinski definition) is 5. The molecule has 55 heavy (non-hydrogen) atoms. The van der Waals surface area contributed by atoms with Gasteiger partial charge in [0.05, 0.1) is 13.2 Å². The standard InChI is InChI=1S/C49H71NO5/c1-3-5-7-9-11-13-15-17-19-21-37-54-46(52)36-35-44(49(53)55-38-22-20-18-16-14-12-10-8-6-4-2)50-45(51)28-24-25-39-29-30-42-32-31-40-26-23-27-41-33-34-43(39)48(42)47(40)41/h23,26-27,29-34,44H,3-22,24-25,28,35-38H2,1-2H3,(H,50,51)/t44-/m0/s1. The maximum absolute atomic E-state index is 13.2. The lowest BCUT2D eigenvalue weighted by molar-refractivity contribution is -0.149. The zero-order chi connectivity index (χ0) is 38.9. The average Bonchev–Trinajstić information content (AvgIpc) is 3.20. The summed E-state index contributed by atoms with van der Waals surface area (Å²) in [6, 6.07) is 18.7. The Balaban J connectivity index is 1.20. The van der Waals surface area contributed by atoms with E-state index in [4.69, 9.17) is 9.47 Å². The molecule has 0 aliphatic heterocycles. The van der Waals surface area contributed by atoms with Gasteiger partial charge in [-0.3, -0.25) is 9.59 Å². The summed E-state index contributed by atoms with van der Waals surface area (Å²) in [5, 5.41) is 10.4. The highest BCUT2D eigenvalue weighted by atomic mass is 16.5. The molecule has 1 amide bonds. The van der Waals surface area contributed by atoms with Gasteiger partial charge in [0.15, 0.2) is 0 Å². The number of unbranched alkanes of at least 4 members (excludes halogenated alkanes) is 18. The minimum Gasteiger partial charge on any atom is -0.466 e.